The van der Waals surface area contributed by atoms with Crippen LogP contribution < -0.4 is 5.32 Å². The first kappa shape index (κ1) is 17.5. The summed E-state index contributed by atoms with van der Waals surface area (Å²) >= 11 is 1.40. The van der Waals surface area contributed by atoms with Crippen molar-refractivity contribution in [1.29, 1.82) is 0 Å². The van der Waals surface area contributed by atoms with Crippen molar-refractivity contribution in [1.82, 2.24) is 10.3 Å². The van der Waals surface area contributed by atoms with Crippen LogP contribution in [0.4, 0.5) is 8.78 Å². The molecule has 0 aliphatic rings. The smallest absolute Gasteiger partial charge is 0.271 e. The topological polar surface area (TPSA) is 62.2 Å². The van der Waals surface area contributed by atoms with Crippen molar-refractivity contribution in [2.75, 3.05) is 0 Å². The van der Waals surface area contributed by atoms with Crippen molar-refractivity contribution >= 4 is 17.2 Å². The second-order valence-corrected chi connectivity index (χ2v) is 6.50. The largest absolute Gasteiger partial charge is 0.386 e. The normalized spacial score (nSPS) is 13.9. The van der Waals surface area contributed by atoms with Crippen molar-refractivity contribution in [3.63, 3.8) is 0 Å². The fourth-order valence-electron chi connectivity index (χ4n) is 2.00. The minimum absolute atomic E-state index is 0.192. The van der Waals surface area contributed by atoms with Gasteiger partial charge in [0.25, 0.3) is 5.91 Å². The van der Waals surface area contributed by atoms with Crippen LogP contribution in [0.1, 0.15) is 53.9 Å². The molecule has 2 unspecified atom stereocenters. The Bertz CT molecular complexity index is 703. The maximum absolute atomic E-state index is 13.2. The van der Waals surface area contributed by atoms with Crippen LogP contribution in [-0.2, 0) is 0 Å². The molecule has 7 heteroatoms. The number of hydrogen-bond donors (Lipinski definition) is 2. The Balaban J connectivity index is 2.05. The van der Waals surface area contributed by atoms with Gasteiger partial charge in [0.15, 0.2) is 11.6 Å². The maximum atomic E-state index is 13.2. The number of aliphatic hydroxyl groups is 1. The molecule has 2 aromatic rings. The van der Waals surface area contributed by atoms with Crippen LogP contribution in [0.25, 0.3) is 0 Å². The van der Waals surface area contributed by atoms with Gasteiger partial charge in [0.1, 0.15) is 5.69 Å². The van der Waals surface area contributed by atoms with Crippen LogP contribution in [0.15, 0.2) is 23.6 Å². The molecule has 124 valence electrons. The van der Waals surface area contributed by atoms with E-state index in [9.17, 15) is 18.7 Å². The molecule has 1 aromatic carbocycles. The number of carbonyl (C=O) groups is 1. The summed E-state index contributed by atoms with van der Waals surface area (Å²) in [5.41, 5.74) is 0.473. The second-order valence-electron chi connectivity index (χ2n) is 5.61. The van der Waals surface area contributed by atoms with Crippen LogP contribution in [0.5, 0.6) is 0 Å². The third kappa shape index (κ3) is 4.11. The predicted octanol–water partition coefficient (Wildman–Crippen LogP) is 3.40. The third-order valence-electron chi connectivity index (χ3n) is 3.37. The summed E-state index contributed by atoms with van der Waals surface area (Å²) < 4.78 is 26.2. The highest BCUT2D eigenvalue weighted by molar-refractivity contribution is 7.09. The molecule has 1 amide bonds. The predicted molar refractivity (Wildman–Crippen MR) is 84.4 cm³/mol. The first-order valence-corrected chi connectivity index (χ1v) is 8.07. The zero-order valence-electron chi connectivity index (χ0n) is 13.0. The van der Waals surface area contributed by atoms with Gasteiger partial charge >= 0.3 is 0 Å². The molecular formula is C16H18F2N2O2S. The number of thiazole rings is 1. The molecule has 0 spiro atoms. The summed E-state index contributed by atoms with van der Waals surface area (Å²) in [5, 5.41) is 15.3. The van der Waals surface area contributed by atoms with Crippen molar-refractivity contribution in [2.24, 2.45) is 0 Å². The van der Waals surface area contributed by atoms with Crippen molar-refractivity contribution in [2.45, 2.75) is 38.8 Å². The van der Waals surface area contributed by atoms with E-state index in [0.29, 0.717) is 0 Å². The van der Waals surface area contributed by atoms with E-state index in [1.807, 2.05) is 13.8 Å². The molecule has 0 bridgehead atoms. The molecule has 0 fully saturated rings. The van der Waals surface area contributed by atoms with Gasteiger partial charge in [0.05, 0.1) is 17.2 Å². The van der Waals surface area contributed by atoms with E-state index in [1.165, 1.54) is 17.4 Å². The van der Waals surface area contributed by atoms with Gasteiger partial charge in [-0.2, -0.15) is 0 Å². The van der Waals surface area contributed by atoms with Gasteiger partial charge in [-0.25, -0.2) is 13.8 Å². The van der Waals surface area contributed by atoms with E-state index < -0.39 is 29.7 Å². The lowest BCUT2D eigenvalue weighted by Gasteiger charge is -2.20. The Hall–Kier alpha value is -1.86. The highest BCUT2D eigenvalue weighted by Gasteiger charge is 2.21. The zero-order valence-corrected chi connectivity index (χ0v) is 13.8. The molecule has 0 aliphatic carbocycles. The third-order valence-corrected chi connectivity index (χ3v) is 4.51. The number of hydrogen-bond acceptors (Lipinski definition) is 4. The van der Waals surface area contributed by atoms with Crippen LogP contribution in [-0.4, -0.2) is 22.0 Å². The zero-order chi connectivity index (χ0) is 17.1. The summed E-state index contributed by atoms with van der Waals surface area (Å²) in [5.74, 6) is -2.21. The molecule has 0 saturated heterocycles. The summed E-state index contributed by atoms with van der Waals surface area (Å²) in [6.07, 6.45) is -1.16. The fraction of sp³-hybridized carbons (Fsp3) is 0.375. The molecular weight excluding hydrogens is 322 g/mol. The Morgan fingerprint density at radius 1 is 1.26 bits per heavy atom. The Labute approximate surface area is 137 Å². The second kappa shape index (κ2) is 7.14. The number of aromatic nitrogens is 1. The Morgan fingerprint density at radius 2 is 1.96 bits per heavy atom. The number of rotatable bonds is 5. The molecule has 1 aromatic heterocycles. The van der Waals surface area contributed by atoms with E-state index in [-0.39, 0.29) is 17.2 Å². The molecule has 2 N–H and O–H groups in total. The van der Waals surface area contributed by atoms with Gasteiger partial charge in [-0.3, -0.25) is 4.79 Å². The molecule has 0 radical (unpaired) electrons. The number of benzene rings is 1. The van der Waals surface area contributed by atoms with E-state index in [2.05, 4.69) is 10.3 Å². The Morgan fingerprint density at radius 3 is 2.52 bits per heavy atom. The number of amides is 1. The lowest BCUT2D eigenvalue weighted by atomic mass is 10.0. The van der Waals surface area contributed by atoms with Gasteiger partial charge < -0.3 is 10.4 Å². The molecule has 0 saturated carbocycles. The fourth-order valence-corrected chi connectivity index (χ4v) is 2.82. The molecule has 2 atom stereocenters. The van der Waals surface area contributed by atoms with Gasteiger partial charge in [-0.05, 0) is 24.6 Å². The summed E-state index contributed by atoms with van der Waals surface area (Å²) in [6, 6.07) is 2.46. The average Bonchev–Trinajstić information content (AvgIpc) is 2.99. The monoisotopic (exact) mass is 340 g/mol. The molecule has 0 aliphatic heterocycles. The number of halogens is 2. The van der Waals surface area contributed by atoms with E-state index in [4.69, 9.17) is 0 Å². The maximum Gasteiger partial charge on any atom is 0.271 e. The summed E-state index contributed by atoms with van der Waals surface area (Å²) in [6.45, 7) is 5.55. The van der Waals surface area contributed by atoms with Crippen molar-refractivity contribution in [3.05, 3.63) is 51.5 Å². The highest BCUT2D eigenvalue weighted by atomic mass is 32.1. The molecule has 1 heterocycles. The Kier molecular flexibility index (Phi) is 5.43. The summed E-state index contributed by atoms with van der Waals surface area (Å²) in [4.78, 5) is 16.4. The molecule has 4 nitrogen and oxygen atoms in total. The minimum Gasteiger partial charge on any atom is -0.386 e. The van der Waals surface area contributed by atoms with Crippen molar-refractivity contribution < 1.29 is 18.7 Å². The highest BCUT2D eigenvalue weighted by Crippen LogP contribution is 2.21. The first-order chi connectivity index (χ1) is 10.8. The first-order valence-electron chi connectivity index (χ1n) is 7.19. The average molecular weight is 340 g/mol. The van der Waals surface area contributed by atoms with Crippen LogP contribution in [0, 0.1) is 11.6 Å². The van der Waals surface area contributed by atoms with Crippen LogP contribution >= 0.6 is 11.3 Å². The summed E-state index contributed by atoms with van der Waals surface area (Å²) in [7, 11) is 0. The van der Waals surface area contributed by atoms with E-state index in [1.54, 1.807) is 12.3 Å². The van der Waals surface area contributed by atoms with Gasteiger partial charge in [-0.15, -0.1) is 11.3 Å². The van der Waals surface area contributed by atoms with Crippen LogP contribution in [0.2, 0.25) is 0 Å². The van der Waals surface area contributed by atoms with Gasteiger partial charge in [0.2, 0.25) is 0 Å². The SMILES string of the molecule is CC(C)c1nc(C(=O)NC(C)C(O)c2ccc(F)c(F)c2)cs1. The van der Waals surface area contributed by atoms with Crippen molar-refractivity contribution in [3.8, 4) is 0 Å². The van der Waals surface area contributed by atoms with Gasteiger partial charge in [-0.1, -0.05) is 19.9 Å². The minimum atomic E-state index is -1.16. The van der Waals surface area contributed by atoms with E-state index >= 15 is 0 Å². The molecule has 23 heavy (non-hydrogen) atoms. The number of nitrogens with zero attached hydrogens (tertiary/aromatic N) is 1. The standard InChI is InChI=1S/C16H18F2N2O2S/c1-8(2)16-20-13(7-23-16)15(22)19-9(3)14(21)10-4-5-11(17)12(18)6-10/h4-9,14,21H,1-3H3,(H,19,22). The van der Waals surface area contributed by atoms with Gasteiger partial charge in [0, 0.05) is 11.3 Å². The number of carbonyl (C=O) groups excluding carboxylic acids is 1. The van der Waals surface area contributed by atoms with Crippen LogP contribution in [0.3, 0.4) is 0 Å². The quantitative estimate of drug-likeness (QED) is 0.877. The number of aliphatic hydroxyl groups excluding tert-OH is 1. The lowest BCUT2D eigenvalue weighted by molar-refractivity contribution is 0.0847. The van der Waals surface area contributed by atoms with E-state index in [0.717, 1.165) is 17.1 Å². The molecule has 2 rings (SSSR count). The lowest BCUT2D eigenvalue weighted by Crippen LogP contribution is -2.37. The number of nitrogens with one attached hydrogen (secondary N) is 1.